The summed E-state index contributed by atoms with van der Waals surface area (Å²) in [5.74, 6) is 0.630. The molecule has 1 heterocycles. The molecule has 17 heavy (non-hydrogen) atoms. The molecule has 1 aromatic heterocycles. The van der Waals surface area contributed by atoms with Crippen LogP contribution in [0.3, 0.4) is 0 Å². The van der Waals surface area contributed by atoms with E-state index in [2.05, 4.69) is 17.2 Å². The zero-order valence-electron chi connectivity index (χ0n) is 10.6. The van der Waals surface area contributed by atoms with Crippen molar-refractivity contribution in [2.45, 2.75) is 45.6 Å². The maximum absolute atomic E-state index is 12.1. The molecule has 1 N–H and O–H groups in total. The maximum atomic E-state index is 12.1. The molecule has 3 nitrogen and oxygen atoms in total. The van der Waals surface area contributed by atoms with E-state index < -0.39 is 0 Å². The number of rotatable bonds is 2. The summed E-state index contributed by atoms with van der Waals surface area (Å²) in [6.45, 7) is 4.13. The van der Waals surface area contributed by atoms with Crippen LogP contribution in [0, 0.1) is 12.8 Å². The zero-order chi connectivity index (χ0) is 12.3. The fourth-order valence-corrected chi connectivity index (χ4v) is 2.47. The Hall–Kier alpha value is -1.38. The number of pyridine rings is 1. The largest absolute Gasteiger partial charge is 0.349 e. The van der Waals surface area contributed by atoms with Crippen LogP contribution in [0.2, 0.25) is 0 Å². The summed E-state index contributed by atoms with van der Waals surface area (Å²) in [6.07, 6.45) is 6.54. The topological polar surface area (TPSA) is 42.0 Å². The number of hydrogen-bond acceptors (Lipinski definition) is 2. The van der Waals surface area contributed by atoms with Crippen LogP contribution in [0.15, 0.2) is 18.3 Å². The van der Waals surface area contributed by atoms with Crippen LogP contribution < -0.4 is 5.32 Å². The monoisotopic (exact) mass is 232 g/mol. The van der Waals surface area contributed by atoms with Crippen molar-refractivity contribution in [3.63, 3.8) is 0 Å². The first-order valence-electron chi connectivity index (χ1n) is 6.40. The summed E-state index contributed by atoms with van der Waals surface area (Å²) < 4.78 is 0. The van der Waals surface area contributed by atoms with Gasteiger partial charge in [0.2, 0.25) is 0 Å². The molecule has 2 rings (SSSR count). The van der Waals surface area contributed by atoms with Gasteiger partial charge in [0.15, 0.2) is 0 Å². The minimum Gasteiger partial charge on any atom is -0.349 e. The molecule has 1 aliphatic carbocycles. The van der Waals surface area contributed by atoms with Crippen LogP contribution in [0.4, 0.5) is 0 Å². The van der Waals surface area contributed by atoms with Crippen molar-refractivity contribution >= 4 is 5.91 Å². The summed E-state index contributed by atoms with van der Waals surface area (Å²) in [5, 5.41) is 3.15. The molecule has 3 heteroatoms. The SMILES string of the molecule is Cc1cc(C(=O)NC2CCCCC2C)ccn1. The first kappa shape index (κ1) is 12.1. The van der Waals surface area contributed by atoms with Gasteiger partial charge in [-0.25, -0.2) is 0 Å². The number of carbonyl (C=O) groups excluding carboxylic acids is 1. The molecule has 2 atom stereocenters. The third kappa shape index (κ3) is 3.05. The molecular weight excluding hydrogens is 212 g/mol. The second-order valence-corrected chi connectivity index (χ2v) is 5.03. The number of amides is 1. The third-order valence-corrected chi connectivity index (χ3v) is 3.59. The number of hydrogen-bond donors (Lipinski definition) is 1. The highest BCUT2D eigenvalue weighted by Crippen LogP contribution is 2.23. The second-order valence-electron chi connectivity index (χ2n) is 5.03. The fourth-order valence-electron chi connectivity index (χ4n) is 2.47. The van der Waals surface area contributed by atoms with Crippen molar-refractivity contribution < 1.29 is 4.79 Å². The Balaban J connectivity index is 2.01. The van der Waals surface area contributed by atoms with Gasteiger partial charge in [0.25, 0.3) is 5.91 Å². The molecule has 0 aliphatic heterocycles. The van der Waals surface area contributed by atoms with Gasteiger partial charge in [0, 0.05) is 23.5 Å². The van der Waals surface area contributed by atoms with Crippen LogP contribution in [0.1, 0.15) is 48.7 Å². The van der Waals surface area contributed by atoms with Gasteiger partial charge in [-0.2, -0.15) is 0 Å². The average molecular weight is 232 g/mol. The first-order valence-corrected chi connectivity index (χ1v) is 6.40. The molecule has 0 aromatic carbocycles. The average Bonchev–Trinajstić information content (AvgIpc) is 2.32. The molecule has 1 amide bonds. The first-order chi connectivity index (χ1) is 8.16. The van der Waals surface area contributed by atoms with Crippen molar-refractivity contribution in [3.05, 3.63) is 29.6 Å². The van der Waals surface area contributed by atoms with Crippen LogP contribution in [0.25, 0.3) is 0 Å². The summed E-state index contributed by atoms with van der Waals surface area (Å²) in [4.78, 5) is 16.2. The molecule has 92 valence electrons. The normalized spacial score (nSPS) is 24.4. The molecule has 0 radical (unpaired) electrons. The number of nitrogens with zero attached hydrogens (tertiary/aromatic N) is 1. The Labute approximate surface area is 103 Å². The smallest absolute Gasteiger partial charge is 0.251 e. The maximum Gasteiger partial charge on any atom is 0.251 e. The van der Waals surface area contributed by atoms with Gasteiger partial charge in [0.1, 0.15) is 0 Å². The molecule has 1 aliphatic rings. The lowest BCUT2D eigenvalue weighted by molar-refractivity contribution is 0.0910. The van der Waals surface area contributed by atoms with Gasteiger partial charge in [-0.1, -0.05) is 19.8 Å². The van der Waals surface area contributed by atoms with Gasteiger partial charge in [-0.05, 0) is 37.8 Å². The quantitative estimate of drug-likeness (QED) is 0.851. The van der Waals surface area contributed by atoms with Crippen molar-refractivity contribution in [1.29, 1.82) is 0 Å². The molecule has 2 unspecified atom stereocenters. The van der Waals surface area contributed by atoms with Crippen LogP contribution in [-0.2, 0) is 0 Å². The Kier molecular flexibility index (Phi) is 3.77. The van der Waals surface area contributed by atoms with Crippen molar-refractivity contribution in [1.82, 2.24) is 10.3 Å². The predicted octanol–water partition coefficient (Wildman–Crippen LogP) is 2.70. The number of nitrogens with one attached hydrogen (secondary N) is 1. The van der Waals surface area contributed by atoms with E-state index in [0.717, 1.165) is 17.7 Å². The zero-order valence-corrected chi connectivity index (χ0v) is 10.6. The molecule has 1 aromatic rings. The number of carbonyl (C=O) groups is 1. The van der Waals surface area contributed by atoms with Crippen molar-refractivity contribution in [3.8, 4) is 0 Å². The lowest BCUT2D eigenvalue weighted by Gasteiger charge is -2.29. The standard InChI is InChI=1S/C14H20N2O/c1-10-5-3-4-6-13(10)16-14(17)12-7-8-15-11(2)9-12/h7-10,13H,3-6H2,1-2H3,(H,16,17). The molecule has 1 saturated carbocycles. The Morgan fingerprint density at radius 1 is 1.41 bits per heavy atom. The van der Waals surface area contributed by atoms with Crippen molar-refractivity contribution in [2.75, 3.05) is 0 Å². The van der Waals surface area contributed by atoms with Crippen LogP contribution >= 0.6 is 0 Å². The van der Waals surface area contributed by atoms with Gasteiger partial charge in [-0.3, -0.25) is 9.78 Å². The highest BCUT2D eigenvalue weighted by molar-refractivity contribution is 5.94. The summed E-state index contributed by atoms with van der Waals surface area (Å²) >= 11 is 0. The Bertz CT molecular complexity index is 403. The van der Waals surface area contributed by atoms with Gasteiger partial charge in [0.05, 0.1) is 0 Å². The molecule has 0 spiro atoms. The lowest BCUT2D eigenvalue weighted by Crippen LogP contribution is -2.41. The molecular formula is C14H20N2O. The number of aromatic nitrogens is 1. The highest BCUT2D eigenvalue weighted by Gasteiger charge is 2.23. The van der Waals surface area contributed by atoms with E-state index in [-0.39, 0.29) is 5.91 Å². The van der Waals surface area contributed by atoms with Gasteiger partial charge < -0.3 is 5.32 Å². The number of aryl methyl sites for hydroxylation is 1. The Morgan fingerprint density at radius 2 is 2.18 bits per heavy atom. The van der Waals surface area contributed by atoms with E-state index >= 15 is 0 Å². The van der Waals surface area contributed by atoms with Crippen molar-refractivity contribution in [2.24, 2.45) is 5.92 Å². The highest BCUT2D eigenvalue weighted by atomic mass is 16.1. The van der Waals surface area contributed by atoms with E-state index in [1.807, 2.05) is 13.0 Å². The van der Waals surface area contributed by atoms with Gasteiger partial charge in [-0.15, -0.1) is 0 Å². The summed E-state index contributed by atoms with van der Waals surface area (Å²) in [5.41, 5.74) is 1.60. The second kappa shape index (κ2) is 5.30. The molecule has 0 saturated heterocycles. The van der Waals surface area contributed by atoms with E-state index in [1.54, 1.807) is 12.3 Å². The van der Waals surface area contributed by atoms with Crippen LogP contribution in [0.5, 0.6) is 0 Å². The predicted molar refractivity (Wildman–Crippen MR) is 67.9 cm³/mol. The summed E-state index contributed by atoms with van der Waals surface area (Å²) in [6, 6.07) is 3.95. The third-order valence-electron chi connectivity index (χ3n) is 3.59. The van der Waals surface area contributed by atoms with Gasteiger partial charge >= 0.3 is 0 Å². The van der Waals surface area contributed by atoms with Crippen LogP contribution in [-0.4, -0.2) is 16.9 Å². The minimum atomic E-state index is 0.0363. The molecule has 1 fully saturated rings. The van der Waals surface area contributed by atoms with E-state index in [1.165, 1.54) is 19.3 Å². The summed E-state index contributed by atoms with van der Waals surface area (Å²) in [7, 11) is 0. The molecule has 0 bridgehead atoms. The van der Waals surface area contributed by atoms with E-state index in [0.29, 0.717) is 12.0 Å². The van der Waals surface area contributed by atoms with E-state index in [9.17, 15) is 4.79 Å². The lowest BCUT2D eigenvalue weighted by atomic mass is 9.86. The Morgan fingerprint density at radius 3 is 2.88 bits per heavy atom. The minimum absolute atomic E-state index is 0.0363. The fraction of sp³-hybridized carbons (Fsp3) is 0.571. The van der Waals surface area contributed by atoms with E-state index in [4.69, 9.17) is 0 Å².